The van der Waals surface area contributed by atoms with E-state index < -0.39 is 0 Å². The fourth-order valence-electron chi connectivity index (χ4n) is 2.56. The molecular weight excluding hydrogens is 312 g/mol. The van der Waals surface area contributed by atoms with Crippen molar-refractivity contribution in [2.45, 2.75) is 20.4 Å². The fraction of sp³-hybridized carbons (Fsp3) is 0.150. The number of carbonyl (C=O) groups is 1. The van der Waals surface area contributed by atoms with Crippen LogP contribution in [-0.4, -0.2) is 15.9 Å². The van der Waals surface area contributed by atoms with Crippen molar-refractivity contribution in [2.24, 2.45) is 0 Å². The summed E-state index contributed by atoms with van der Waals surface area (Å²) in [5.41, 5.74) is 5.57. The monoisotopic (exact) mass is 332 g/mol. The fourth-order valence-corrected chi connectivity index (χ4v) is 2.56. The predicted octanol–water partition coefficient (Wildman–Crippen LogP) is 3.77. The molecule has 1 aromatic carbocycles. The van der Waals surface area contributed by atoms with E-state index >= 15 is 0 Å². The van der Waals surface area contributed by atoms with Gasteiger partial charge in [0.25, 0.3) is 5.91 Å². The minimum atomic E-state index is -0.207. The van der Waals surface area contributed by atoms with Crippen LogP contribution in [0.1, 0.15) is 27.2 Å². The lowest BCUT2D eigenvalue weighted by Crippen LogP contribution is -2.23. The molecule has 0 radical (unpaired) electrons. The van der Waals surface area contributed by atoms with Gasteiger partial charge in [0.05, 0.1) is 0 Å². The first-order valence-electron chi connectivity index (χ1n) is 8.10. The molecule has 126 valence electrons. The molecule has 0 aliphatic rings. The number of aromatic nitrogens is 2. The van der Waals surface area contributed by atoms with Crippen molar-refractivity contribution in [2.75, 3.05) is 5.32 Å². The molecule has 0 fully saturated rings. The first-order chi connectivity index (χ1) is 12.1. The van der Waals surface area contributed by atoms with Gasteiger partial charge >= 0.3 is 0 Å². The largest absolute Gasteiger partial charge is 0.355 e. The Kier molecular flexibility index (Phi) is 5.04. The number of rotatable bonds is 5. The summed E-state index contributed by atoms with van der Waals surface area (Å²) in [4.78, 5) is 20.5. The van der Waals surface area contributed by atoms with Gasteiger partial charge in [0, 0.05) is 36.5 Å². The Hall–Kier alpha value is -3.21. The molecule has 5 nitrogen and oxygen atoms in total. The van der Waals surface area contributed by atoms with Crippen LogP contribution in [0.3, 0.4) is 0 Å². The number of benzene rings is 1. The molecule has 2 heterocycles. The van der Waals surface area contributed by atoms with Crippen molar-refractivity contribution in [3.8, 4) is 0 Å². The average molecular weight is 332 g/mol. The van der Waals surface area contributed by atoms with Crippen LogP contribution in [0, 0.1) is 13.8 Å². The van der Waals surface area contributed by atoms with Crippen LogP contribution in [-0.2, 0) is 6.54 Å². The van der Waals surface area contributed by atoms with Gasteiger partial charge in [0.1, 0.15) is 5.69 Å². The standard InChI is InChI=1S/C20H20N4O/c1-14-4-3-5-15(2)19(14)24-17-8-11-22-18(12-17)20(25)23-13-16-6-9-21-10-7-16/h3-12H,13H2,1-2H3,(H,22,24)(H,23,25). The Morgan fingerprint density at radius 3 is 2.44 bits per heavy atom. The second kappa shape index (κ2) is 7.57. The number of hydrogen-bond acceptors (Lipinski definition) is 4. The number of carbonyl (C=O) groups excluding carboxylic acids is 1. The molecule has 0 spiro atoms. The van der Waals surface area contributed by atoms with Crippen LogP contribution < -0.4 is 10.6 Å². The Labute approximate surface area is 147 Å². The molecule has 5 heteroatoms. The van der Waals surface area contributed by atoms with Gasteiger partial charge in [-0.1, -0.05) is 18.2 Å². The molecule has 0 saturated carbocycles. The number of nitrogens with zero attached hydrogens (tertiary/aromatic N) is 2. The van der Waals surface area contributed by atoms with Crippen molar-refractivity contribution in [1.29, 1.82) is 0 Å². The Morgan fingerprint density at radius 1 is 1.00 bits per heavy atom. The molecule has 0 bridgehead atoms. The zero-order chi connectivity index (χ0) is 17.6. The summed E-state index contributed by atoms with van der Waals surface area (Å²) in [6, 6.07) is 13.5. The quantitative estimate of drug-likeness (QED) is 0.746. The lowest BCUT2D eigenvalue weighted by atomic mass is 10.1. The molecular formula is C20H20N4O. The minimum absolute atomic E-state index is 0.207. The zero-order valence-corrected chi connectivity index (χ0v) is 14.3. The lowest BCUT2D eigenvalue weighted by Gasteiger charge is -2.13. The van der Waals surface area contributed by atoms with Crippen molar-refractivity contribution in [3.63, 3.8) is 0 Å². The average Bonchev–Trinajstić information content (AvgIpc) is 2.64. The highest BCUT2D eigenvalue weighted by Gasteiger charge is 2.09. The molecule has 1 amide bonds. The number of aryl methyl sites for hydroxylation is 2. The topological polar surface area (TPSA) is 66.9 Å². The number of pyridine rings is 2. The molecule has 0 aliphatic carbocycles. The highest BCUT2D eigenvalue weighted by molar-refractivity contribution is 5.93. The van der Waals surface area contributed by atoms with E-state index in [0.29, 0.717) is 12.2 Å². The summed E-state index contributed by atoms with van der Waals surface area (Å²) in [5.74, 6) is -0.207. The molecule has 0 aliphatic heterocycles. The zero-order valence-electron chi connectivity index (χ0n) is 14.3. The maximum Gasteiger partial charge on any atom is 0.270 e. The number of para-hydroxylation sites is 1. The third kappa shape index (κ3) is 4.20. The Morgan fingerprint density at radius 2 is 1.72 bits per heavy atom. The highest BCUT2D eigenvalue weighted by atomic mass is 16.1. The van der Waals surface area contributed by atoms with Crippen molar-refractivity contribution in [3.05, 3.63) is 83.4 Å². The molecule has 0 atom stereocenters. The summed E-state index contributed by atoms with van der Waals surface area (Å²) in [6.45, 7) is 4.55. The van der Waals surface area contributed by atoms with Gasteiger partial charge in [0.15, 0.2) is 0 Å². The third-order valence-corrected chi connectivity index (χ3v) is 3.95. The van der Waals surface area contributed by atoms with Gasteiger partial charge in [-0.15, -0.1) is 0 Å². The summed E-state index contributed by atoms with van der Waals surface area (Å²) in [7, 11) is 0. The van der Waals surface area contributed by atoms with E-state index in [1.807, 2.05) is 24.3 Å². The van der Waals surface area contributed by atoms with E-state index in [1.165, 1.54) is 0 Å². The molecule has 0 saturated heterocycles. The number of amides is 1. The second-order valence-corrected chi connectivity index (χ2v) is 5.86. The van der Waals surface area contributed by atoms with E-state index in [-0.39, 0.29) is 5.91 Å². The Bertz CT molecular complexity index is 858. The smallest absolute Gasteiger partial charge is 0.270 e. The van der Waals surface area contributed by atoms with Crippen LogP contribution in [0.5, 0.6) is 0 Å². The maximum absolute atomic E-state index is 12.3. The lowest BCUT2D eigenvalue weighted by molar-refractivity contribution is 0.0946. The molecule has 25 heavy (non-hydrogen) atoms. The van der Waals surface area contributed by atoms with Crippen LogP contribution in [0.4, 0.5) is 11.4 Å². The van der Waals surface area contributed by atoms with Crippen molar-refractivity contribution in [1.82, 2.24) is 15.3 Å². The molecule has 3 aromatic rings. The first kappa shape index (κ1) is 16.6. The van der Waals surface area contributed by atoms with Gasteiger partial charge in [-0.05, 0) is 54.8 Å². The highest BCUT2D eigenvalue weighted by Crippen LogP contribution is 2.24. The van der Waals surface area contributed by atoms with E-state index in [1.54, 1.807) is 24.7 Å². The third-order valence-electron chi connectivity index (χ3n) is 3.95. The second-order valence-electron chi connectivity index (χ2n) is 5.86. The first-order valence-corrected chi connectivity index (χ1v) is 8.10. The summed E-state index contributed by atoms with van der Waals surface area (Å²) < 4.78 is 0. The van der Waals surface area contributed by atoms with E-state index in [0.717, 1.165) is 28.1 Å². The minimum Gasteiger partial charge on any atom is -0.355 e. The molecule has 3 rings (SSSR count). The number of nitrogens with one attached hydrogen (secondary N) is 2. The molecule has 2 N–H and O–H groups in total. The SMILES string of the molecule is Cc1cccc(C)c1Nc1ccnc(C(=O)NCc2ccncc2)c1. The van der Waals surface area contributed by atoms with Crippen LogP contribution in [0.25, 0.3) is 0 Å². The van der Waals surface area contributed by atoms with Gasteiger partial charge in [0.2, 0.25) is 0 Å². The van der Waals surface area contributed by atoms with Crippen LogP contribution in [0.15, 0.2) is 61.1 Å². The molecule has 2 aromatic heterocycles. The summed E-state index contributed by atoms with van der Waals surface area (Å²) >= 11 is 0. The van der Waals surface area contributed by atoms with Gasteiger partial charge < -0.3 is 10.6 Å². The van der Waals surface area contributed by atoms with Gasteiger partial charge in [-0.3, -0.25) is 14.8 Å². The predicted molar refractivity (Wildman–Crippen MR) is 98.8 cm³/mol. The number of anilines is 2. The van der Waals surface area contributed by atoms with Crippen molar-refractivity contribution < 1.29 is 4.79 Å². The van der Waals surface area contributed by atoms with E-state index in [9.17, 15) is 4.79 Å². The van der Waals surface area contributed by atoms with Crippen molar-refractivity contribution >= 4 is 17.3 Å². The maximum atomic E-state index is 12.3. The summed E-state index contributed by atoms with van der Waals surface area (Å²) in [6.07, 6.45) is 5.04. The van der Waals surface area contributed by atoms with Gasteiger partial charge in [-0.2, -0.15) is 0 Å². The molecule has 0 unspecified atom stereocenters. The van der Waals surface area contributed by atoms with Gasteiger partial charge in [-0.25, -0.2) is 0 Å². The van der Waals surface area contributed by atoms with Crippen LogP contribution >= 0.6 is 0 Å². The number of hydrogen-bond donors (Lipinski definition) is 2. The van der Waals surface area contributed by atoms with E-state index in [2.05, 4.69) is 46.6 Å². The summed E-state index contributed by atoms with van der Waals surface area (Å²) in [5, 5.41) is 6.25. The Balaban J connectivity index is 1.72. The van der Waals surface area contributed by atoms with E-state index in [4.69, 9.17) is 0 Å². The van der Waals surface area contributed by atoms with Crippen LogP contribution in [0.2, 0.25) is 0 Å². The normalized spacial score (nSPS) is 10.3.